The lowest BCUT2D eigenvalue weighted by molar-refractivity contribution is 0.959. The smallest absolute Gasteiger partial charge is 0.0480 e. The molecule has 0 fully saturated rings. The number of hydrogen-bond donors (Lipinski definition) is 0. The Kier molecular flexibility index (Phi) is 2.64. The molecule has 0 radical (unpaired) electrons. The van der Waals surface area contributed by atoms with E-state index >= 15 is 0 Å². The molecule has 1 unspecified atom stereocenters. The first kappa shape index (κ1) is 9.78. The van der Waals surface area contributed by atoms with Gasteiger partial charge in [-0.2, -0.15) is 0 Å². The van der Waals surface area contributed by atoms with Gasteiger partial charge in [0, 0.05) is 29.0 Å². The fraction of sp³-hybridized carbons (Fsp3) is 0.333. The monoisotopic (exact) mass is 251 g/mol. The maximum absolute atomic E-state index is 3.60. The summed E-state index contributed by atoms with van der Waals surface area (Å²) in [6.45, 7) is 2.18. The van der Waals surface area contributed by atoms with Crippen molar-refractivity contribution < 1.29 is 0 Å². The molecule has 2 rings (SSSR count). The van der Waals surface area contributed by atoms with Gasteiger partial charge in [-0.05, 0) is 24.1 Å². The predicted molar refractivity (Wildman–Crippen MR) is 65.0 cm³/mol. The number of benzene rings is 1. The number of fused-ring (bicyclic) bond motifs is 1. The first-order chi connectivity index (χ1) is 6.68. The lowest BCUT2D eigenvalue weighted by Gasteiger charge is -2.05. The van der Waals surface area contributed by atoms with Gasteiger partial charge in [0.05, 0.1) is 0 Å². The molecule has 1 nitrogen and oxygen atoms in total. The summed E-state index contributed by atoms with van der Waals surface area (Å²) in [6, 6.07) is 8.70. The van der Waals surface area contributed by atoms with E-state index < -0.39 is 0 Å². The van der Waals surface area contributed by atoms with Crippen LogP contribution in [0.3, 0.4) is 0 Å². The highest BCUT2D eigenvalue weighted by atomic mass is 79.9. The average Bonchev–Trinajstić information content (AvgIpc) is 2.49. The van der Waals surface area contributed by atoms with Gasteiger partial charge in [0.15, 0.2) is 0 Å². The molecule has 0 aliphatic rings. The first-order valence-corrected chi connectivity index (χ1v) is 5.77. The van der Waals surface area contributed by atoms with Crippen molar-refractivity contribution in [3.63, 3.8) is 0 Å². The van der Waals surface area contributed by atoms with Crippen LogP contribution in [0.15, 0.2) is 30.5 Å². The Hall–Kier alpha value is -0.760. The van der Waals surface area contributed by atoms with Gasteiger partial charge in [-0.15, -0.1) is 0 Å². The van der Waals surface area contributed by atoms with Gasteiger partial charge in [0.1, 0.15) is 0 Å². The molecule has 0 saturated carbocycles. The minimum atomic E-state index is 0.535. The van der Waals surface area contributed by atoms with Crippen molar-refractivity contribution in [1.29, 1.82) is 0 Å². The minimum Gasteiger partial charge on any atom is -0.351 e. The molecule has 2 aromatic rings. The fourth-order valence-electron chi connectivity index (χ4n) is 1.85. The summed E-state index contributed by atoms with van der Waals surface area (Å²) in [7, 11) is 2.09. The topological polar surface area (TPSA) is 4.93 Å². The van der Waals surface area contributed by atoms with E-state index in [-0.39, 0.29) is 0 Å². The van der Waals surface area contributed by atoms with Crippen molar-refractivity contribution in [1.82, 2.24) is 4.57 Å². The lowest BCUT2D eigenvalue weighted by Crippen LogP contribution is -1.96. The van der Waals surface area contributed by atoms with E-state index in [4.69, 9.17) is 0 Å². The van der Waals surface area contributed by atoms with Crippen LogP contribution in [0.5, 0.6) is 0 Å². The molecule has 2 heteroatoms. The molecule has 0 bridgehead atoms. The van der Waals surface area contributed by atoms with Gasteiger partial charge >= 0.3 is 0 Å². The highest BCUT2D eigenvalue weighted by Crippen LogP contribution is 2.21. The average molecular weight is 252 g/mol. The minimum absolute atomic E-state index is 0.535. The molecular weight excluding hydrogens is 238 g/mol. The van der Waals surface area contributed by atoms with Crippen LogP contribution in [0, 0.1) is 0 Å². The van der Waals surface area contributed by atoms with Crippen molar-refractivity contribution >= 4 is 26.8 Å². The maximum atomic E-state index is 3.60. The van der Waals surface area contributed by atoms with Crippen LogP contribution in [-0.4, -0.2) is 9.39 Å². The van der Waals surface area contributed by atoms with Gasteiger partial charge in [0.2, 0.25) is 0 Å². The summed E-state index contributed by atoms with van der Waals surface area (Å²) in [6.07, 6.45) is 3.20. The van der Waals surface area contributed by atoms with Gasteiger partial charge in [-0.3, -0.25) is 0 Å². The van der Waals surface area contributed by atoms with Crippen molar-refractivity contribution in [2.24, 2.45) is 7.05 Å². The van der Waals surface area contributed by atoms with Crippen molar-refractivity contribution in [3.05, 3.63) is 36.0 Å². The van der Waals surface area contributed by atoms with Gasteiger partial charge in [-0.25, -0.2) is 0 Å². The van der Waals surface area contributed by atoms with Crippen LogP contribution in [0.25, 0.3) is 10.9 Å². The summed E-state index contributed by atoms with van der Waals surface area (Å²) >= 11 is 3.60. The van der Waals surface area contributed by atoms with Crippen LogP contribution >= 0.6 is 15.9 Å². The number of alkyl halides is 1. The number of aryl methyl sites for hydroxylation is 1. The molecule has 1 atom stereocenters. The number of nitrogens with zero attached hydrogens (tertiary/aromatic N) is 1. The molecule has 0 saturated heterocycles. The SMILES string of the molecule is CC(Br)Cc1cccc2c1ccn2C. The Balaban J connectivity index is 2.54. The van der Waals surface area contributed by atoms with Gasteiger partial charge in [-0.1, -0.05) is 35.0 Å². The highest BCUT2D eigenvalue weighted by Gasteiger charge is 2.05. The Labute approximate surface area is 92.9 Å². The summed E-state index contributed by atoms with van der Waals surface area (Å²) in [5.41, 5.74) is 2.74. The normalized spacial score (nSPS) is 13.4. The standard InChI is InChI=1S/C12H14BrN/c1-9(13)8-10-4-3-5-12-11(10)6-7-14(12)2/h3-7,9H,8H2,1-2H3. The Morgan fingerprint density at radius 1 is 1.36 bits per heavy atom. The first-order valence-electron chi connectivity index (χ1n) is 4.85. The van der Waals surface area contributed by atoms with Crippen molar-refractivity contribution in [2.75, 3.05) is 0 Å². The molecule has 0 spiro atoms. The quantitative estimate of drug-likeness (QED) is 0.721. The summed E-state index contributed by atoms with van der Waals surface area (Å²) in [5.74, 6) is 0. The number of rotatable bonds is 2. The largest absolute Gasteiger partial charge is 0.351 e. The predicted octanol–water partition coefficient (Wildman–Crippen LogP) is 3.50. The molecule has 1 aromatic heterocycles. The van der Waals surface area contributed by atoms with E-state index in [0.717, 1.165) is 6.42 Å². The summed E-state index contributed by atoms with van der Waals surface area (Å²) < 4.78 is 2.16. The second kappa shape index (κ2) is 3.77. The fourth-order valence-corrected chi connectivity index (χ4v) is 2.20. The molecule has 0 aliphatic carbocycles. The lowest BCUT2D eigenvalue weighted by atomic mass is 10.1. The summed E-state index contributed by atoms with van der Waals surface area (Å²) in [4.78, 5) is 0.535. The third kappa shape index (κ3) is 1.71. The van der Waals surface area contributed by atoms with E-state index in [1.807, 2.05) is 0 Å². The zero-order chi connectivity index (χ0) is 10.1. The molecule has 0 amide bonds. The molecular formula is C12H14BrN. The maximum Gasteiger partial charge on any atom is 0.0480 e. The van der Waals surface area contributed by atoms with Crippen LogP contribution in [0.1, 0.15) is 12.5 Å². The zero-order valence-electron chi connectivity index (χ0n) is 8.50. The van der Waals surface area contributed by atoms with E-state index in [2.05, 4.69) is 64.9 Å². The van der Waals surface area contributed by atoms with Gasteiger partial charge in [0.25, 0.3) is 0 Å². The van der Waals surface area contributed by atoms with E-state index in [9.17, 15) is 0 Å². The zero-order valence-corrected chi connectivity index (χ0v) is 10.1. The van der Waals surface area contributed by atoms with E-state index in [1.165, 1.54) is 16.5 Å². The Bertz CT molecular complexity index is 443. The highest BCUT2D eigenvalue weighted by molar-refractivity contribution is 9.09. The molecule has 1 aromatic carbocycles. The second-order valence-corrected chi connectivity index (χ2v) is 5.32. The van der Waals surface area contributed by atoms with Crippen molar-refractivity contribution in [3.8, 4) is 0 Å². The van der Waals surface area contributed by atoms with Crippen LogP contribution < -0.4 is 0 Å². The molecule has 74 valence electrons. The molecule has 0 N–H and O–H groups in total. The number of halogens is 1. The second-order valence-electron chi connectivity index (χ2n) is 3.76. The number of hydrogen-bond acceptors (Lipinski definition) is 0. The van der Waals surface area contributed by atoms with Crippen LogP contribution in [0.4, 0.5) is 0 Å². The number of aromatic nitrogens is 1. The van der Waals surface area contributed by atoms with Crippen molar-refractivity contribution in [2.45, 2.75) is 18.2 Å². The van der Waals surface area contributed by atoms with Crippen LogP contribution in [0.2, 0.25) is 0 Å². The third-order valence-electron chi connectivity index (χ3n) is 2.52. The summed E-state index contributed by atoms with van der Waals surface area (Å²) in [5, 5.41) is 1.38. The Morgan fingerprint density at radius 3 is 2.86 bits per heavy atom. The molecule has 14 heavy (non-hydrogen) atoms. The third-order valence-corrected chi connectivity index (χ3v) is 2.84. The molecule has 0 aliphatic heterocycles. The van der Waals surface area contributed by atoms with E-state index in [0.29, 0.717) is 4.83 Å². The van der Waals surface area contributed by atoms with E-state index in [1.54, 1.807) is 0 Å². The Morgan fingerprint density at radius 2 is 2.14 bits per heavy atom. The van der Waals surface area contributed by atoms with Crippen LogP contribution in [-0.2, 0) is 13.5 Å². The molecule has 1 heterocycles. The van der Waals surface area contributed by atoms with Gasteiger partial charge < -0.3 is 4.57 Å².